The standard InChI is InChI=1S/2C31H48N6O/c2*1-24(2)36-20-13-26(14-21-36)32-30-27-23-29(38-3)25(12-6-11-17-35-15-7-4-8-16-35)22-28(27)33-31(34-30)37-18-9-5-10-19-37/h2*6,12,22-24,26H,4-5,7-11,13-21H2,1-3H3,(H,32,33,34)/b2*12-6+. The molecule has 2 N–H and O–H groups in total. The number of methoxy groups -OCH3 is 2. The largest absolute Gasteiger partial charge is 0.496 e. The minimum atomic E-state index is 0.428. The first-order valence-corrected chi connectivity index (χ1v) is 30.3. The summed E-state index contributed by atoms with van der Waals surface area (Å²) in [4.78, 5) is 35.5. The van der Waals surface area contributed by atoms with Crippen LogP contribution in [-0.2, 0) is 0 Å². The molecule has 0 saturated carbocycles. The van der Waals surface area contributed by atoms with E-state index in [1.165, 1.54) is 103 Å². The molecule has 0 amide bonds. The van der Waals surface area contributed by atoms with Gasteiger partial charge in [0.15, 0.2) is 0 Å². The van der Waals surface area contributed by atoms with Gasteiger partial charge in [-0.15, -0.1) is 0 Å². The number of piperidine rings is 6. The zero-order valence-electron chi connectivity index (χ0n) is 47.8. The molecule has 0 bridgehead atoms. The fourth-order valence-electron chi connectivity index (χ4n) is 12.4. The third kappa shape index (κ3) is 15.3. The molecule has 10 rings (SSSR count). The number of fused-ring (bicyclic) bond motifs is 2. The molecule has 0 atom stereocenters. The van der Waals surface area contributed by atoms with Crippen LogP contribution in [0.15, 0.2) is 36.4 Å². The van der Waals surface area contributed by atoms with Crippen molar-refractivity contribution in [2.45, 2.75) is 167 Å². The monoisotopic (exact) mass is 1040 g/mol. The Morgan fingerprint density at radius 1 is 0.474 bits per heavy atom. The van der Waals surface area contributed by atoms with Gasteiger partial charge in [0.05, 0.1) is 25.3 Å². The highest BCUT2D eigenvalue weighted by molar-refractivity contribution is 5.94. The number of anilines is 4. The van der Waals surface area contributed by atoms with Crippen molar-refractivity contribution in [3.63, 3.8) is 0 Å². The molecule has 6 aliphatic heterocycles. The van der Waals surface area contributed by atoms with Crippen LogP contribution in [0.25, 0.3) is 34.0 Å². The van der Waals surface area contributed by atoms with Gasteiger partial charge in [-0.25, -0.2) is 9.97 Å². The molecule has 14 heteroatoms. The zero-order valence-corrected chi connectivity index (χ0v) is 47.8. The maximum atomic E-state index is 5.87. The summed E-state index contributed by atoms with van der Waals surface area (Å²) < 4.78 is 11.7. The molecule has 4 aromatic rings. The number of hydrogen-bond donors (Lipinski definition) is 2. The third-order valence-corrected chi connectivity index (χ3v) is 17.3. The van der Waals surface area contributed by atoms with E-state index in [1.807, 2.05) is 0 Å². The lowest BCUT2D eigenvalue weighted by atomic mass is 10.0. The minimum absolute atomic E-state index is 0.428. The average Bonchev–Trinajstić information content (AvgIpc) is 3.47. The Morgan fingerprint density at radius 3 is 1.17 bits per heavy atom. The average molecular weight is 1040 g/mol. The number of nitrogens with one attached hydrogen (secondary N) is 2. The Labute approximate surface area is 457 Å². The second-order valence-electron chi connectivity index (χ2n) is 23.3. The molecule has 8 heterocycles. The van der Waals surface area contributed by atoms with Crippen LogP contribution in [-0.4, -0.2) is 170 Å². The van der Waals surface area contributed by atoms with E-state index in [-0.39, 0.29) is 0 Å². The smallest absolute Gasteiger partial charge is 0.227 e. The molecule has 2 aromatic carbocycles. The Kier molecular flexibility index (Phi) is 20.8. The molecule has 0 aliphatic carbocycles. The van der Waals surface area contributed by atoms with Gasteiger partial charge in [-0.1, -0.05) is 37.1 Å². The van der Waals surface area contributed by atoms with Gasteiger partial charge in [0.2, 0.25) is 11.9 Å². The molecule has 6 fully saturated rings. The normalized spacial score (nSPS) is 20.6. The fraction of sp³-hybridized carbons (Fsp3) is 0.677. The van der Waals surface area contributed by atoms with Gasteiger partial charge in [-0.3, -0.25) is 0 Å². The first kappa shape index (κ1) is 56.0. The van der Waals surface area contributed by atoms with Crippen LogP contribution in [0.3, 0.4) is 0 Å². The maximum Gasteiger partial charge on any atom is 0.227 e. The number of rotatable bonds is 18. The van der Waals surface area contributed by atoms with Gasteiger partial charge < -0.3 is 49.5 Å². The Balaban J connectivity index is 0.000000186. The molecule has 0 unspecified atom stereocenters. The Bertz CT molecular complexity index is 2300. The summed E-state index contributed by atoms with van der Waals surface area (Å²) >= 11 is 0. The van der Waals surface area contributed by atoms with Crippen LogP contribution in [0.5, 0.6) is 11.5 Å². The van der Waals surface area contributed by atoms with E-state index in [9.17, 15) is 0 Å². The molecular weight excluding hydrogens is 945 g/mol. The van der Waals surface area contributed by atoms with Crippen LogP contribution in [0.4, 0.5) is 23.5 Å². The van der Waals surface area contributed by atoms with E-state index in [0.717, 1.165) is 172 Å². The van der Waals surface area contributed by atoms with Crippen LogP contribution in [0.2, 0.25) is 0 Å². The molecule has 6 saturated heterocycles. The number of ether oxygens (including phenoxy) is 2. The van der Waals surface area contributed by atoms with Crippen molar-refractivity contribution in [2.24, 2.45) is 0 Å². The lowest BCUT2D eigenvalue weighted by molar-refractivity contribution is 0.177. The summed E-state index contributed by atoms with van der Waals surface area (Å²) in [7, 11) is 3.54. The first-order chi connectivity index (χ1) is 37.2. The molecule has 0 radical (unpaired) electrons. The number of nitrogens with zero attached hydrogens (tertiary/aromatic N) is 10. The Hall–Kier alpha value is -4.76. The minimum Gasteiger partial charge on any atom is -0.496 e. The summed E-state index contributed by atoms with van der Waals surface area (Å²) in [5, 5.41) is 9.79. The van der Waals surface area contributed by atoms with Gasteiger partial charge in [-0.2, -0.15) is 9.97 Å². The molecule has 76 heavy (non-hydrogen) atoms. The van der Waals surface area contributed by atoms with Crippen molar-refractivity contribution >= 4 is 57.5 Å². The van der Waals surface area contributed by atoms with Crippen LogP contribution in [0.1, 0.15) is 154 Å². The van der Waals surface area contributed by atoms with E-state index in [4.69, 9.17) is 29.4 Å². The summed E-state index contributed by atoms with van der Waals surface area (Å²) in [5.74, 6) is 5.42. The predicted molar refractivity (Wildman–Crippen MR) is 319 cm³/mol. The van der Waals surface area contributed by atoms with Crippen LogP contribution < -0.4 is 29.9 Å². The van der Waals surface area contributed by atoms with Crippen molar-refractivity contribution < 1.29 is 9.47 Å². The van der Waals surface area contributed by atoms with Gasteiger partial charge in [0.25, 0.3) is 0 Å². The van der Waals surface area contributed by atoms with Gasteiger partial charge in [0.1, 0.15) is 23.1 Å². The van der Waals surface area contributed by atoms with Crippen molar-refractivity contribution in [3.05, 3.63) is 47.5 Å². The molecule has 14 nitrogen and oxygen atoms in total. The highest BCUT2D eigenvalue weighted by Gasteiger charge is 2.26. The molecule has 0 spiro atoms. The molecule has 2 aromatic heterocycles. The van der Waals surface area contributed by atoms with Gasteiger partial charge in [-0.05, 0) is 181 Å². The van der Waals surface area contributed by atoms with Gasteiger partial charge >= 0.3 is 0 Å². The van der Waals surface area contributed by atoms with Crippen molar-refractivity contribution in [3.8, 4) is 11.5 Å². The van der Waals surface area contributed by atoms with E-state index in [2.05, 4.69) is 116 Å². The van der Waals surface area contributed by atoms with Crippen LogP contribution >= 0.6 is 0 Å². The van der Waals surface area contributed by atoms with E-state index < -0.39 is 0 Å². The summed E-state index contributed by atoms with van der Waals surface area (Å²) in [6, 6.07) is 10.8. The molecule has 6 aliphatic rings. The van der Waals surface area contributed by atoms with Crippen molar-refractivity contribution in [1.82, 2.24) is 39.5 Å². The Morgan fingerprint density at radius 2 is 0.829 bits per heavy atom. The number of hydrogen-bond acceptors (Lipinski definition) is 14. The predicted octanol–water partition coefficient (Wildman–Crippen LogP) is 11.6. The quantitative estimate of drug-likeness (QED) is 0.0985. The van der Waals surface area contributed by atoms with Crippen LogP contribution in [0, 0.1) is 0 Å². The summed E-state index contributed by atoms with van der Waals surface area (Å²) in [5.41, 5.74) is 4.19. The number of benzene rings is 2. The second-order valence-corrected chi connectivity index (χ2v) is 23.3. The lowest BCUT2D eigenvalue weighted by Gasteiger charge is -2.35. The number of likely N-dealkylation sites (tertiary alicyclic amines) is 4. The third-order valence-electron chi connectivity index (χ3n) is 17.3. The maximum absolute atomic E-state index is 5.87. The summed E-state index contributed by atoms with van der Waals surface area (Å²) in [6.45, 7) is 25.1. The fourth-order valence-corrected chi connectivity index (χ4v) is 12.4. The van der Waals surface area contributed by atoms with Crippen molar-refractivity contribution in [1.29, 1.82) is 0 Å². The lowest BCUT2D eigenvalue weighted by Crippen LogP contribution is -2.42. The summed E-state index contributed by atoms with van der Waals surface area (Å²) in [6.07, 6.45) is 31.3. The highest BCUT2D eigenvalue weighted by Crippen LogP contribution is 2.35. The SMILES string of the molecule is COc1cc2c(NC3CCN(C(C)C)CC3)nc(N3CCCCC3)nc2cc1/C=C/CCN1CCCCC1.COc1cc2c(NC3CCN(C(C)C)CC3)nc(N3CCCCC3)nc2cc1/C=C/CCN1CCCCC1. The van der Waals surface area contributed by atoms with E-state index in [1.54, 1.807) is 14.2 Å². The van der Waals surface area contributed by atoms with E-state index >= 15 is 0 Å². The zero-order chi connectivity index (χ0) is 52.6. The van der Waals surface area contributed by atoms with E-state index in [0.29, 0.717) is 24.2 Å². The molecule has 416 valence electrons. The topological polar surface area (TPSA) is 114 Å². The highest BCUT2D eigenvalue weighted by atomic mass is 16.5. The number of aromatic nitrogens is 4. The first-order valence-electron chi connectivity index (χ1n) is 30.3. The second kappa shape index (κ2) is 28.2. The van der Waals surface area contributed by atoms with Crippen molar-refractivity contribution in [2.75, 3.05) is 126 Å². The van der Waals surface area contributed by atoms with Gasteiger partial charge in [0, 0.05) is 112 Å². The molecular formula is C62H96N12O2.